The van der Waals surface area contributed by atoms with Gasteiger partial charge in [0.1, 0.15) is 5.03 Å². The van der Waals surface area contributed by atoms with E-state index in [1.165, 1.54) is 17.8 Å². The van der Waals surface area contributed by atoms with Gasteiger partial charge in [-0.2, -0.15) is 0 Å². The highest BCUT2D eigenvalue weighted by atomic mass is 35.5. The fourth-order valence-corrected chi connectivity index (χ4v) is 3.12. The molecule has 0 radical (unpaired) electrons. The van der Waals surface area contributed by atoms with Crippen molar-refractivity contribution >= 4 is 29.1 Å². The van der Waals surface area contributed by atoms with Gasteiger partial charge in [0.15, 0.2) is 0 Å². The Morgan fingerprint density at radius 2 is 1.95 bits per heavy atom. The quantitative estimate of drug-likeness (QED) is 0.518. The van der Waals surface area contributed by atoms with Crippen molar-refractivity contribution in [1.29, 1.82) is 0 Å². The molecule has 0 spiro atoms. The van der Waals surface area contributed by atoms with Crippen LogP contribution in [0.15, 0.2) is 71.0 Å². The second kappa shape index (κ2) is 6.21. The van der Waals surface area contributed by atoms with E-state index in [4.69, 9.17) is 11.6 Å². The molecule has 0 N–H and O–H groups in total. The van der Waals surface area contributed by atoms with Gasteiger partial charge in [-0.25, -0.2) is 4.98 Å². The molecule has 0 bridgehead atoms. The molecule has 1 aromatic carbocycles. The van der Waals surface area contributed by atoms with Crippen LogP contribution in [0.4, 0.5) is 5.69 Å². The summed E-state index contributed by atoms with van der Waals surface area (Å²) < 4.78 is 1.81. The van der Waals surface area contributed by atoms with E-state index >= 15 is 0 Å². The lowest BCUT2D eigenvalue weighted by Crippen LogP contribution is -1.97. The first-order valence-electron chi connectivity index (χ1n) is 6.35. The Bertz CT molecular complexity index is 807. The monoisotopic (exact) mass is 331 g/mol. The average Bonchev–Trinajstić information content (AvgIpc) is 3.03. The van der Waals surface area contributed by atoms with E-state index in [1.54, 1.807) is 24.4 Å². The van der Waals surface area contributed by atoms with Crippen LogP contribution >= 0.6 is 23.4 Å². The Morgan fingerprint density at radius 1 is 1.18 bits per heavy atom. The zero-order valence-corrected chi connectivity index (χ0v) is 12.8. The molecular weight excluding hydrogens is 322 g/mol. The molecule has 2 aromatic heterocycles. The van der Waals surface area contributed by atoms with E-state index < -0.39 is 4.92 Å². The van der Waals surface area contributed by atoms with E-state index in [-0.39, 0.29) is 5.69 Å². The Hall–Kier alpha value is -2.31. The average molecular weight is 332 g/mol. The lowest BCUT2D eigenvalue weighted by atomic mass is 10.3. The second-order valence-corrected chi connectivity index (χ2v) is 5.86. The smallest absolute Gasteiger partial charge is 0.284 e. The van der Waals surface area contributed by atoms with E-state index in [9.17, 15) is 10.1 Å². The summed E-state index contributed by atoms with van der Waals surface area (Å²) in [5.41, 5.74) is 0.659. The van der Waals surface area contributed by atoms with Gasteiger partial charge in [-0.15, -0.1) is 0 Å². The van der Waals surface area contributed by atoms with Crippen LogP contribution in [0.3, 0.4) is 0 Å². The molecule has 7 heteroatoms. The van der Waals surface area contributed by atoms with E-state index in [1.807, 2.05) is 35.2 Å². The highest BCUT2D eigenvalue weighted by molar-refractivity contribution is 7.99. The summed E-state index contributed by atoms with van der Waals surface area (Å²) in [5, 5.41) is 12.3. The lowest BCUT2D eigenvalue weighted by Gasteiger charge is -2.09. The van der Waals surface area contributed by atoms with E-state index in [0.29, 0.717) is 20.6 Å². The van der Waals surface area contributed by atoms with Crippen LogP contribution in [0, 0.1) is 10.1 Å². The van der Waals surface area contributed by atoms with Crippen LogP contribution in [0.25, 0.3) is 5.69 Å². The van der Waals surface area contributed by atoms with E-state index in [0.717, 1.165) is 0 Å². The minimum absolute atomic E-state index is 0.0310. The van der Waals surface area contributed by atoms with Crippen molar-refractivity contribution in [1.82, 2.24) is 9.55 Å². The molecule has 0 amide bonds. The number of halogens is 1. The molecule has 0 atom stereocenters. The van der Waals surface area contributed by atoms with E-state index in [2.05, 4.69) is 4.98 Å². The van der Waals surface area contributed by atoms with Crippen molar-refractivity contribution in [3.8, 4) is 5.69 Å². The number of nitro groups is 1. The normalized spacial score (nSPS) is 10.6. The van der Waals surface area contributed by atoms with Gasteiger partial charge in [-0.1, -0.05) is 29.4 Å². The van der Waals surface area contributed by atoms with Gasteiger partial charge in [-0.05, 0) is 30.3 Å². The third-order valence-electron chi connectivity index (χ3n) is 2.96. The highest BCUT2D eigenvalue weighted by Gasteiger charge is 2.19. The van der Waals surface area contributed by atoms with Crippen LogP contribution in [-0.4, -0.2) is 14.5 Å². The Morgan fingerprint density at radius 3 is 2.59 bits per heavy atom. The summed E-state index contributed by atoms with van der Waals surface area (Å²) in [6, 6.07) is 12.3. The minimum atomic E-state index is -0.434. The predicted octanol–water partition coefficient (Wildman–Crippen LogP) is 4.59. The van der Waals surface area contributed by atoms with Crippen LogP contribution in [0.1, 0.15) is 0 Å². The molecule has 110 valence electrons. The fraction of sp³-hybridized carbons (Fsp3) is 0. The fourth-order valence-electron chi connectivity index (χ4n) is 1.97. The molecule has 2 heterocycles. The zero-order chi connectivity index (χ0) is 15.5. The summed E-state index contributed by atoms with van der Waals surface area (Å²) in [5.74, 6) is 0. The number of hydrogen-bond acceptors (Lipinski definition) is 4. The first-order chi connectivity index (χ1) is 10.6. The van der Waals surface area contributed by atoms with Crippen molar-refractivity contribution in [2.24, 2.45) is 0 Å². The third kappa shape index (κ3) is 2.98. The summed E-state index contributed by atoms with van der Waals surface area (Å²) in [6.07, 6.45) is 5.32. The van der Waals surface area contributed by atoms with Crippen LogP contribution < -0.4 is 0 Å². The molecule has 3 aromatic rings. The SMILES string of the molecule is O=[N+]([O-])c1cc(Cl)c(-n2cccc2)cc1Sc1ccccn1. The molecule has 3 rings (SSSR count). The maximum Gasteiger partial charge on any atom is 0.284 e. The van der Waals surface area contributed by atoms with Crippen molar-refractivity contribution in [3.05, 3.63) is 76.2 Å². The van der Waals surface area contributed by atoms with Crippen molar-refractivity contribution in [3.63, 3.8) is 0 Å². The maximum atomic E-state index is 11.3. The molecule has 0 aliphatic rings. The molecule has 0 aliphatic carbocycles. The van der Waals surface area contributed by atoms with Gasteiger partial charge in [-0.3, -0.25) is 10.1 Å². The lowest BCUT2D eigenvalue weighted by molar-refractivity contribution is -0.387. The largest absolute Gasteiger partial charge is 0.322 e. The standard InChI is InChI=1S/C15H10ClN3O2S/c16-11-9-13(19(20)21)14(22-15-5-1-2-6-17-15)10-12(11)18-7-3-4-8-18/h1-10H. The van der Waals surface area contributed by atoms with Gasteiger partial charge in [0.25, 0.3) is 5.69 Å². The minimum Gasteiger partial charge on any atom is -0.322 e. The molecule has 0 saturated carbocycles. The molecule has 5 nitrogen and oxygen atoms in total. The summed E-state index contributed by atoms with van der Waals surface area (Å²) in [6.45, 7) is 0. The number of pyridine rings is 1. The van der Waals surface area contributed by atoms with Crippen LogP contribution in [-0.2, 0) is 0 Å². The van der Waals surface area contributed by atoms with Crippen LogP contribution in [0.2, 0.25) is 5.02 Å². The summed E-state index contributed by atoms with van der Waals surface area (Å²) in [7, 11) is 0. The molecule has 22 heavy (non-hydrogen) atoms. The highest BCUT2D eigenvalue weighted by Crippen LogP contribution is 2.38. The van der Waals surface area contributed by atoms with Gasteiger partial charge < -0.3 is 4.57 Å². The maximum absolute atomic E-state index is 11.3. The predicted molar refractivity (Wildman–Crippen MR) is 85.8 cm³/mol. The summed E-state index contributed by atoms with van der Waals surface area (Å²) >= 11 is 7.43. The Kier molecular flexibility index (Phi) is 4.13. The number of nitro benzene ring substituents is 1. The van der Waals surface area contributed by atoms with Gasteiger partial charge in [0, 0.05) is 24.7 Å². The molecule has 0 saturated heterocycles. The van der Waals surface area contributed by atoms with Gasteiger partial charge >= 0.3 is 0 Å². The first-order valence-corrected chi connectivity index (χ1v) is 7.55. The van der Waals surface area contributed by atoms with Gasteiger partial charge in [0.05, 0.1) is 20.5 Å². The molecular formula is C15H10ClN3O2S. The number of hydrogen-bond donors (Lipinski definition) is 0. The number of aromatic nitrogens is 2. The second-order valence-electron chi connectivity index (χ2n) is 4.39. The molecule has 0 aliphatic heterocycles. The van der Waals surface area contributed by atoms with Crippen molar-refractivity contribution in [2.45, 2.75) is 9.92 Å². The first kappa shape index (κ1) is 14.6. The number of rotatable bonds is 4. The summed E-state index contributed by atoms with van der Waals surface area (Å²) in [4.78, 5) is 15.5. The zero-order valence-electron chi connectivity index (χ0n) is 11.2. The Labute approximate surface area is 135 Å². The Balaban J connectivity index is 2.10. The topological polar surface area (TPSA) is 61.0 Å². The van der Waals surface area contributed by atoms with Crippen molar-refractivity contribution in [2.75, 3.05) is 0 Å². The third-order valence-corrected chi connectivity index (χ3v) is 4.26. The van der Waals surface area contributed by atoms with Crippen LogP contribution in [0.5, 0.6) is 0 Å². The molecule has 0 unspecified atom stereocenters. The number of nitrogens with zero attached hydrogens (tertiary/aromatic N) is 3. The van der Waals surface area contributed by atoms with Gasteiger partial charge in [0.2, 0.25) is 0 Å². The number of benzene rings is 1. The van der Waals surface area contributed by atoms with Crippen molar-refractivity contribution < 1.29 is 4.92 Å². The molecule has 0 fully saturated rings.